The summed E-state index contributed by atoms with van der Waals surface area (Å²) in [4.78, 5) is 20.6. The lowest BCUT2D eigenvalue weighted by Gasteiger charge is -2.28. The average molecular weight is 463 g/mol. The molecule has 11 heteroatoms. The molecular formula is C20H16F2N4O3S2. The number of halogens is 2. The minimum atomic E-state index is -3.80. The maximum absolute atomic E-state index is 13.7. The van der Waals surface area contributed by atoms with E-state index in [2.05, 4.69) is 15.3 Å². The molecule has 0 saturated carbocycles. The summed E-state index contributed by atoms with van der Waals surface area (Å²) in [5.41, 5.74) is 2.20. The van der Waals surface area contributed by atoms with Gasteiger partial charge in [0, 0.05) is 18.7 Å². The molecule has 0 fully saturated rings. The van der Waals surface area contributed by atoms with Gasteiger partial charge >= 0.3 is 0 Å². The molecule has 0 bridgehead atoms. The highest BCUT2D eigenvalue weighted by molar-refractivity contribution is 7.99. The Hall–Kier alpha value is -3.05. The Morgan fingerprint density at radius 1 is 1.19 bits per heavy atom. The molecule has 1 aromatic heterocycles. The summed E-state index contributed by atoms with van der Waals surface area (Å²) >= 11 is 0.970. The number of hydrogen-bond acceptors (Lipinski definition) is 6. The van der Waals surface area contributed by atoms with Gasteiger partial charge < -0.3 is 5.32 Å². The van der Waals surface area contributed by atoms with Crippen molar-refractivity contribution < 1.29 is 22.0 Å². The highest BCUT2D eigenvalue weighted by Crippen LogP contribution is 2.41. The molecule has 0 radical (unpaired) electrons. The van der Waals surface area contributed by atoms with E-state index in [4.69, 9.17) is 0 Å². The number of nitrogens with zero attached hydrogens (tertiary/aromatic N) is 3. The molecule has 160 valence electrons. The van der Waals surface area contributed by atoms with Crippen LogP contribution in [-0.2, 0) is 14.8 Å². The van der Waals surface area contributed by atoms with Gasteiger partial charge in [-0.1, -0.05) is 23.4 Å². The quantitative estimate of drug-likeness (QED) is 0.471. The third kappa shape index (κ3) is 3.98. The van der Waals surface area contributed by atoms with Crippen LogP contribution in [0.15, 0.2) is 52.6 Å². The van der Waals surface area contributed by atoms with Crippen molar-refractivity contribution in [3.05, 3.63) is 59.8 Å². The van der Waals surface area contributed by atoms with Gasteiger partial charge in [-0.15, -0.1) is 0 Å². The van der Waals surface area contributed by atoms with Crippen molar-refractivity contribution in [1.82, 2.24) is 9.97 Å². The summed E-state index contributed by atoms with van der Waals surface area (Å²) in [6.07, 6.45) is 1.22. The van der Waals surface area contributed by atoms with E-state index in [1.54, 1.807) is 6.07 Å². The molecule has 0 unspecified atom stereocenters. The fourth-order valence-electron chi connectivity index (χ4n) is 3.10. The van der Waals surface area contributed by atoms with Crippen LogP contribution in [0.25, 0.3) is 11.3 Å². The van der Waals surface area contributed by atoms with E-state index in [0.717, 1.165) is 29.5 Å². The number of benzene rings is 2. The first-order valence-corrected chi connectivity index (χ1v) is 11.4. The molecule has 3 aromatic rings. The lowest BCUT2D eigenvalue weighted by Crippen LogP contribution is -2.31. The molecule has 1 aliphatic heterocycles. The normalized spacial score (nSPS) is 14.0. The number of rotatable bonds is 4. The van der Waals surface area contributed by atoms with E-state index in [1.165, 1.54) is 17.5 Å². The van der Waals surface area contributed by atoms with E-state index in [-0.39, 0.29) is 27.2 Å². The Bertz CT molecular complexity index is 1320. The Morgan fingerprint density at radius 3 is 2.71 bits per heavy atom. The van der Waals surface area contributed by atoms with Crippen LogP contribution in [0, 0.1) is 18.6 Å². The highest BCUT2D eigenvalue weighted by Gasteiger charge is 2.34. The number of fused-ring (bicyclic) bond motifs is 3. The summed E-state index contributed by atoms with van der Waals surface area (Å²) < 4.78 is 53.5. The van der Waals surface area contributed by atoms with Crippen molar-refractivity contribution in [2.45, 2.75) is 17.0 Å². The first-order valence-electron chi connectivity index (χ1n) is 9.01. The highest BCUT2D eigenvalue weighted by atomic mass is 32.2. The number of anilines is 2. The minimum Gasteiger partial charge on any atom is -0.323 e. The van der Waals surface area contributed by atoms with E-state index in [9.17, 15) is 22.0 Å². The molecule has 0 saturated heterocycles. The molecule has 31 heavy (non-hydrogen) atoms. The number of sulfonamides is 1. The van der Waals surface area contributed by atoms with Crippen molar-refractivity contribution in [1.29, 1.82) is 0 Å². The van der Waals surface area contributed by atoms with Gasteiger partial charge in [-0.05, 0) is 31.2 Å². The van der Waals surface area contributed by atoms with Crippen molar-refractivity contribution in [3.8, 4) is 11.3 Å². The monoisotopic (exact) mass is 462 g/mol. The van der Waals surface area contributed by atoms with Crippen molar-refractivity contribution in [2.75, 3.05) is 22.4 Å². The zero-order chi connectivity index (χ0) is 22.3. The second kappa shape index (κ2) is 7.89. The van der Waals surface area contributed by atoms with Crippen LogP contribution in [0.2, 0.25) is 0 Å². The molecule has 4 rings (SSSR count). The number of carbonyl (C=O) groups is 1. The molecule has 2 aromatic carbocycles. The van der Waals surface area contributed by atoms with Crippen LogP contribution in [0.1, 0.15) is 5.56 Å². The predicted molar refractivity (Wildman–Crippen MR) is 114 cm³/mol. The predicted octanol–water partition coefficient (Wildman–Crippen LogP) is 3.60. The van der Waals surface area contributed by atoms with E-state index in [0.29, 0.717) is 17.3 Å². The number of hydrogen-bond donors (Lipinski definition) is 1. The van der Waals surface area contributed by atoms with Crippen molar-refractivity contribution in [2.24, 2.45) is 0 Å². The van der Waals surface area contributed by atoms with Gasteiger partial charge in [-0.3, -0.25) is 9.10 Å². The molecule has 1 aliphatic rings. The van der Waals surface area contributed by atoms with Crippen LogP contribution < -0.4 is 9.62 Å². The minimum absolute atomic E-state index is 0.0183. The molecule has 0 atom stereocenters. The Balaban J connectivity index is 1.58. The molecule has 7 nitrogen and oxygen atoms in total. The smallest absolute Gasteiger partial charge is 0.267 e. The van der Waals surface area contributed by atoms with Crippen LogP contribution in [-0.4, -0.2) is 37.1 Å². The number of carbonyl (C=O) groups excluding carboxylic acids is 1. The second-order valence-corrected chi connectivity index (χ2v) is 9.70. The summed E-state index contributed by atoms with van der Waals surface area (Å²) in [7, 11) is -2.33. The average Bonchev–Trinajstić information content (AvgIpc) is 2.72. The molecule has 1 amide bonds. The maximum Gasteiger partial charge on any atom is 0.267 e. The standard InChI is InChI=1S/C20H16F2N4O3S2/c1-11-3-6-16-13(7-11)19-17(31(28,29)26(16)2)9-23-20(25-19)30-10-18(27)24-15-5-4-12(21)8-14(15)22/h3-9H,10H2,1-2H3,(H,24,27). The second-order valence-electron chi connectivity index (χ2n) is 6.82. The first-order chi connectivity index (χ1) is 14.7. The van der Waals surface area contributed by atoms with Crippen LogP contribution >= 0.6 is 11.8 Å². The molecular weight excluding hydrogens is 446 g/mol. The summed E-state index contributed by atoms with van der Waals surface area (Å²) in [5.74, 6) is -2.32. The topological polar surface area (TPSA) is 92.3 Å². The zero-order valence-electron chi connectivity index (χ0n) is 16.4. The summed E-state index contributed by atoms with van der Waals surface area (Å²) in [5, 5.41) is 2.55. The van der Waals surface area contributed by atoms with Crippen LogP contribution in [0.5, 0.6) is 0 Å². The number of aryl methyl sites for hydroxylation is 1. The van der Waals surface area contributed by atoms with E-state index in [1.807, 2.05) is 19.1 Å². The van der Waals surface area contributed by atoms with Crippen LogP contribution in [0.4, 0.5) is 20.2 Å². The van der Waals surface area contributed by atoms with Crippen molar-refractivity contribution >= 4 is 39.1 Å². The lowest BCUT2D eigenvalue weighted by atomic mass is 10.1. The Kier molecular flexibility index (Phi) is 5.40. The fraction of sp³-hybridized carbons (Fsp3) is 0.150. The third-order valence-corrected chi connectivity index (χ3v) is 7.29. The third-order valence-electron chi connectivity index (χ3n) is 4.66. The van der Waals surface area contributed by atoms with Crippen molar-refractivity contribution in [3.63, 3.8) is 0 Å². The largest absolute Gasteiger partial charge is 0.323 e. The number of amides is 1. The molecule has 2 heterocycles. The lowest BCUT2D eigenvalue weighted by molar-refractivity contribution is -0.113. The number of thioether (sulfide) groups is 1. The van der Waals surface area contributed by atoms with Gasteiger partial charge in [-0.25, -0.2) is 27.2 Å². The Labute approximate surface area is 181 Å². The Morgan fingerprint density at radius 2 is 1.97 bits per heavy atom. The van der Waals surface area contributed by atoms with Gasteiger partial charge in [0.25, 0.3) is 10.0 Å². The summed E-state index contributed by atoms with van der Waals surface area (Å²) in [6.45, 7) is 1.89. The maximum atomic E-state index is 13.7. The number of nitrogens with one attached hydrogen (secondary N) is 1. The van der Waals surface area contributed by atoms with Gasteiger partial charge in [0.1, 0.15) is 16.5 Å². The van der Waals surface area contributed by atoms with Crippen LogP contribution in [0.3, 0.4) is 0 Å². The number of aromatic nitrogens is 2. The van der Waals surface area contributed by atoms with Gasteiger partial charge in [-0.2, -0.15) is 0 Å². The SMILES string of the molecule is Cc1ccc2c(c1)-c1nc(SCC(=O)Nc3ccc(F)cc3F)ncc1S(=O)(=O)N2C. The van der Waals surface area contributed by atoms with E-state index < -0.39 is 27.6 Å². The fourth-order valence-corrected chi connectivity index (χ4v) is 5.02. The summed E-state index contributed by atoms with van der Waals surface area (Å²) in [6, 6.07) is 8.20. The van der Waals surface area contributed by atoms with Gasteiger partial charge in [0.05, 0.1) is 29.0 Å². The molecule has 0 aliphatic carbocycles. The molecule has 0 spiro atoms. The van der Waals surface area contributed by atoms with Gasteiger partial charge in [0.2, 0.25) is 5.91 Å². The first kappa shape index (κ1) is 21.2. The van der Waals surface area contributed by atoms with Gasteiger partial charge in [0.15, 0.2) is 5.16 Å². The zero-order valence-corrected chi connectivity index (χ0v) is 18.0. The van der Waals surface area contributed by atoms with E-state index >= 15 is 0 Å². The molecule has 1 N–H and O–H groups in total.